The standard InChI is InChI=1S/C16H25N3O2/c1-5-13(6-2)18-15(20)12-7-9-14(10-8-12)19-16(21)17-11(3)4/h7-11,13H,5-6H2,1-4H3,(H,18,20)(H2,17,19,21). The van der Waals surface area contributed by atoms with Crippen LogP contribution in [0.25, 0.3) is 0 Å². The van der Waals surface area contributed by atoms with Crippen molar-refractivity contribution < 1.29 is 9.59 Å². The second kappa shape index (κ2) is 8.29. The van der Waals surface area contributed by atoms with E-state index in [-0.39, 0.29) is 24.0 Å². The molecule has 0 aliphatic heterocycles. The van der Waals surface area contributed by atoms with Crippen LogP contribution in [0.1, 0.15) is 50.9 Å². The van der Waals surface area contributed by atoms with Crippen LogP contribution < -0.4 is 16.0 Å². The highest BCUT2D eigenvalue weighted by atomic mass is 16.2. The van der Waals surface area contributed by atoms with E-state index in [1.54, 1.807) is 24.3 Å². The van der Waals surface area contributed by atoms with Crippen molar-refractivity contribution in [1.29, 1.82) is 0 Å². The van der Waals surface area contributed by atoms with Crippen LogP contribution in [0.5, 0.6) is 0 Å². The molecule has 1 aromatic rings. The highest BCUT2D eigenvalue weighted by Gasteiger charge is 2.10. The quantitative estimate of drug-likeness (QED) is 0.753. The van der Waals surface area contributed by atoms with Crippen molar-refractivity contribution in [3.63, 3.8) is 0 Å². The van der Waals surface area contributed by atoms with Crippen molar-refractivity contribution in [2.24, 2.45) is 0 Å². The molecule has 0 unspecified atom stereocenters. The normalized spacial score (nSPS) is 10.6. The summed E-state index contributed by atoms with van der Waals surface area (Å²) >= 11 is 0. The van der Waals surface area contributed by atoms with Crippen LogP contribution in [0.15, 0.2) is 24.3 Å². The minimum atomic E-state index is -0.251. The van der Waals surface area contributed by atoms with Crippen LogP contribution in [0.2, 0.25) is 0 Å². The summed E-state index contributed by atoms with van der Waals surface area (Å²) in [5.74, 6) is -0.0816. The zero-order valence-corrected chi connectivity index (χ0v) is 13.2. The molecule has 3 N–H and O–H groups in total. The topological polar surface area (TPSA) is 70.2 Å². The first-order valence-corrected chi connectivity index (χ1v) is 7.44. The summed E-state index contributed by atoms with van der Waals surface area (Å²) < 4.78 is 0. The van der Waals surface area contributed by atoms with Gasteiger partial charge < -0.3 is 16.0 Å². The van der Waals surface area contributed by atoms with Gasteiger partial charge in [-0.25, -0.2) is 4.79 Å². The molecule has 3 amide bonds. The summed E-state index contributed by atoms with van der Waals surface area (Å²) in [5.41, 5.74) is 1.25. The van der Waals surface area contributed by atoms with Crippen LogP contribution in [-0.2, 0) is 0 Å². The molecule has 0 fully saturated rings. The molecule has 0 bridgehead atoms. The van der Waals surface area contributed by atoms with Gasteiger partial charge in [0.15, 0.2) is 0 Å². The second-order valence-corrected chi connectivity index (χ2v) is 5.32. The summed E-state index contributed by atoms with van der Waals surface area (Å²) in [6.07, 6.45) is 1.83. The van der Waals surface area contributed by atoms with Gasteiger partial charge in [-0.15, -0.1) is 0 Å². The fourth-order valence-corrected chi connectivity index (χ4v) is 1.90. The van der Waals surface area contributed by atoms with Crippen molar-refractivity contribution in [1.82, 2.24) is 10.6 Å². The lowest BCUT2D eigenvalue weighted by molar-refractivity contribution is 0.0935. The number of carbonyl (C=O) groups excluding carboxylic acids is 2. The van der Waals surface area contributed by atoms with Crippen molar-refractivity contribution in [3.05, 3.63) is 29.8 Å². The van der Waals surface area contributed by atoms with E-state index in [9.17, 15) is 9.59 Å². The second-order valence-electron chi connectivity index (χ2n) is 5.32. The molecule has 0 aliphatic rings. The van der Waals surface area contributed by atoms with E-state index in [4.69, 9.17) is 0 Å². The van der Waals surface area contributed by atoms with Crippen LogP contribution in [0.4, 0.5) is 10.5 Å². The van der Waals surface area contributed by atoms with E-state index in [1.165, 1.54) is 0 Å². The summed E-state index contributed by atoms with van der Waals surface area (Å²) in [4.78, 5) is 23.6. The first kappa shape index (κ1) is 17.0. The molecule has 0 radical (unpaired) electrons. The smallest absolute Gasteiger partial charge is 0.319 e. The Morgan fingerprint density at radius 2 is 1.57 bits per heavy atom. The monoisotopic (exact) mass is 291 g/mol. The third-order valence-corrected chi connectivity index (χ3v) is 3.15. The fourth-order valence-electron chi connectivity index (χ4n) is 1.90. The van der Waals surface area contributed by atoms with Gasteiger partial charge in [0.25, 0.3) is 5.91 Å². The van der Waals surface area contributed by atoms with Crippen LogP contribution >= 0.6 is 0 Å². The van der Waals surface area contributed by atoms with E-state index in [0.717, 1.165) is 12.8 Å². The lowest BCUT2D eigenvalue weighted by Crippen LogP contribution is -2.34. The highest BCUT2D eigenvalue weighted by molar-refractivity contribution is 5.95. The number of hydrogen-bond donors (Lipinski definition) is 3. The van der Waals surface area contributed by atoms with Gasteiger partial charge in [0, 0.05) is 23.3 Å². The van der Waals surface area contributed by atoms with Crippen molar-refractivity contribution in [3.8, 4) is 0 Å². The van der Waals surface area contributed by atoms with Crippen LogP contribution in [-0.4, -0.2) is 24.0 Å². The highest BCUT2D eigenvalue weighted by Crippen LogP contribution is 2.10. The van der Waals surface area contributed by atoms with Crippen molar-refractivity contribution in [2.75, 3.05) is 5.32 Å². The maximum absolute atomic E-state index is 12.0. The predicted octanol–water partition coefficient (Wildman–Crippen LogP) is 3.13. The first-order valence-electron chi connectivity index (χ1n) is 7.44. The van der Waals surface area contributed by atoms with Gasteiger partial charge in [-0.05, 0) is 51.0 Å². The van der Waals surface area contributed by atoms with E-state index in [2.05, 4.69) is 29.8 Å². The van der Waals surface area contributed by atoms with Gasteiger partial charge in [0.2, 0.25) is 0 Å². The van der Waals surface area contributed by atoms with Gasteiger partial charge >= 0.3 is 6.03 Å². The Hall–Kier alpha value is -2.04. The molecule has 0 saturated carbocycles. The first-order chi connectivity index (χ1) is 9.96. The molecular weight excluding hydrogens is 266 g/mol. The molecule has 0 spiro atoms. The minimum absolute atomic E-state index is 0.0788. The van der Waals surface area contributed by atoms with Crippen molar-refractivity contribution in [2.45, 2.75) is 52.6 Å². The molecule has 1 aromatic carbocycles. The SMILES string of the molecule is CCC(CC)NC(=O)c1ccc(NC(=O)NC(C)C)cc1. The Kier molecular flexibility index (Phi) is 6.72. The van der Waals surface area contributed by atoms with Crippen LogP contribution in [0.3, 0.4) is 0 Å². The lowest BCUT2D eigenvalue weighted by atomic mass is 10.1. The Morgan fingerprint density at radius 1 is 1.00 bits per heavy atom. The van der Waals surface area contributed by atoms with E-state index < -0.39 is 0 Å². The van der Waals surface area contributed by atoms with Crippen molar-refractivity contribution >= 4 is 17.6 Å². The Bertz CT molecular complexity index is 465. The summed E-state index contributed by atoms with van der Waals surface area (Å²) in [5, 5.41) is 8.44. The average molecular weight is 291 g/mol. The zero-order chi connectivity index (χ0) is 15.8. The molecule has 0 atom stereocenters. The lowest BCUT2D eigenvalue weighted by Gasteiger charge is -2.15. The molecule has 5 nitrogen and oxygen atoms in total. The number of benzene rings is 1. The summed E-state index contributed by atoms with van der Waals surface area (Å²) in [6.45, 7) is 7.89. The number of amides is 3. The van der Waals surface area contributed by atoms with E-state index >= 15 is 0 Å². The number of nitrogens with one attached hydrogen (secondary N) is 3. The molecule has 5 heteroatoms. The minimum Gasteiger partial charge on any atom is -0.349 e. The fraction of sp³-hybridized carbons (Fsp3) is 0.500. The van der Waals surface area contributed by atoms with Gasteiger partial charge in [0.05, 0.1) is 0 Å². The average Bonchev–Trinajstić information content (AvgIpc) is 2.44. The Labute approximate surface area is 126 Å². The third-order valence-electron chi connectivity index (χ3n) is 3.15. The largest absolute Gasteiger partial charge is 0.349 e. The number of hydrogen-bond acceptors (Lipinski definition) is 2. The zero-order valence-electron chi connectivity index (χ0n) is 13.2. The number of rotatable bonds is 6. The molecule has 21 heavy (non-hydrogen) atoms. The molecule has 0 heterocycles. The third kappa shape index (κ3) is 5.85. The predicted molar refractivity (Wildman–Crippen MR) is 85.6 cm³/mol. The Balaban J connectivity index is 2.61. The summed E-state index contributed by atoms with van der Waals surface area (Å²) in [7, 11) is 0. The molecule has 0 aromatic heterocycles. The Morgan fingerprint density at radius 3 is 2.05 bits per heavy atom. The van der Waals surface area contributed by atoms with Crippen LogP contribution in [0, 0.1) is 0 Å². The van der Waals surface area contributed by atoms with Gasteiger partial charge in [-0.2, -0.15) is 0 Å². The number of urea groups is 1. The molecular formula is C16H25N3O2. The van der Waals surface area contributed by atoms with E-state index in [0.29, 0.717) is 11.3 Å². The number of anilines is 1. The number of carbonyl (C=O) groups is 2. The molecule has 116 valence electrons. The molecule has 0 saturated heterocycles. The van der Waals surface area contributed by atoms with E-state index in [1.807, 2.05) is 13.8 Å². The van der Waals surface area contributed by atoms with Gasteiger partial charge in [-0.1, -0.05) is 13.8 Å². The summed E-state index contributed by atoms with van der Waals surface area (Å²) in [6, 6.07) is 6.90. The molecule has 0 aliphatic carbocycles. The van der Waals surface area contributed by atoms with Gasteiger partial charge in [-0.3, -0.25) is 4.79 Å². The maximum Gasteiger partial charge on any atom is 0.319 e. The van der Waals surface area contributed by atoms with Gasteiger partial charge in [0.1, 0.15) is 0 Å². The maximum atomic E-state index is 12.0. The molecule has 1 rings (SSSR count).